The molecule has 1 aromatic rings. The molecule has 1 unspecified atom stereocenters. The van der Waals surface area contributed by atoms with Gasteiger partial charge in [-0.25, -0.2) is 0 Å². The normalized spacial score (nSPS) is 17.5. The maximum absolute atomic E-state index is 12.2. The standard InChI is InChI=1S/C16H22Cl2N2O2.ClH/c1-19-13-4-2-8-20(11-13)16(21)5-3-9-22-15-7-6-12(17)10-14(15)18;/h6-7,10,13,19H,2-5,8-9,11H2,1H3;1H. The van der Waals surface area contributed by atoms with Crippen LogP contribution in [0, 0.1) is 0 Å². The Morgan fingerprint density at radius 1 is 1.43 bits per heavy atom. The smallest absolute Gasteiger partial charge is 0.222 e. The van der Waals surface area contributed by atoms with Crippen molar-refractivity contribution in [2.45, 2.75) is 31.7 Å². The second-order valence-electron chi connectivity index (χ2n) is 5.49. The van der Waals surface area contributed by atoms with Crippen LogP contribution in [0.4, 0.5) is 0 Å². The third-order valence-corrected chi connectivity index (χ3v) is 4.40. The highest BCUT2D eigenvalue weighted by atomic mass is 35.5. The zero-order valence-corrected chi connectivity index (χ0v) is 15.5. The largest absolute Gasteiger partial charge is 0.492 e. The number of halogens is 3. The van der Waals surface area contributed by atoms with Gasteiger partial charge in [-0.2, -0.15) is 0 Å². The highest BCUT2D eigenvalue weighted by molar-refractivity contribution is 6.35. The molecular formula is C16H23Cl3N2O2. The quantitative estimate of drug-likeness (QED) is 0.762. The molecule has 0 saturated carbocycles. The van der Waals surface area contributed by atoms with Crippen LogP contribution in [0.1, 0.15) is 25.7 Å². The molecule has 0 spiro atoms. The summed E-state index contributed by atoms with van der Waals surface area (Å²) in [4.78, 5) is 14.1. The van der Waals surface area contributed by atoms with E-state index in [1.165, 1.54) is 0 Å². The highest BCUT2D eigenvalue weighted by Crippen LogP contribution is 2.27. The van der Waals surface area contributed by atoms with Crippen LogP contribution in [-0.4, -0.2) is 43.6 Å². The molecule has 1 saturated heterocycles. The van der Waals surface area contributed by atoms with Gasteiger partial charge in [0, 0.05) is 30.6 Å². The molecule has 1 heterocycles. The molecule has 0 aromatic heterocycles. The van der Waals surface area contributed by atoms with E-state index in [-0.39, 0.29) is 18.3 Å². The summed E-state index contributed by atoms with van der Waals surface area (Å²) in [5.74, 6) is 0.803. The van der Waals surface area contributed by atoms with Crippen molar-refractivity contribution >= 4 is 41.5 Å². The Labute approximate surface area is 153 Å². The fraction of sp³-hybridized carbons (Fsp3) is 0.562. The zero-order chi connectivity index (χ0) is 15.9. The summed E-state index contributed by atoms with van der Waals surface area (Å²) in [5, 5.41) is 4.32. The molecule has 2 rings (SSSR count). The number of rotatable bonds is 6. The van der Waals surface area contributed by atoms with E-state index in [4.69, 9.17) is 27.9 Å². The predicted octanol–water partition coefficient (Wildman–Crippen LogP) is 3.78. The molecule has 0 radical (unpaired) electrons. The summed E-state index contributed by atoms with van der Waals surface area (Å²) in [6.45, 7) is 2.14. The maximum Gasteiger partial charge on any atom is 0.222 e. The van der Waals surface area contributed by atoms with Gasteiger partial charge in [-0.3, -0.25) is 4.79 Å². The lowest BCUT2D eigenvalue weighted by Crippen LogP contribution is -2.46. The second-order valence-corrected chi connectivity index (χ2v) is 6.34. The van der Waals surface area contributed by atoms with Crippen molar-refractivity contribution in [1.29, 1.82) is 0 Å². The molecule has 7 heteroatoms. The van der Waals surface area contributed by atoms with Gasteiger partial charge in [-0.15, -0.1) is 12.4 Å². The summed E-state index contributed by atoms with van der Waals surface area (Å²) in [6, 6.07) is 5.55. The van der Waals surface area contributed by atoms with Gasteiger partial charge in [-0.1, -0.05) is 23.2 Å². The van der Waals surface area contributed by atoms with Gasteiger partial charge >= 0.3 is 0 Å². The van der Waals surface area contributed by atoms with Crippen LogP contribution in [0.2, 0.25) is 10.0 Å². The van der Waals surface area contributed by atoms with E-state index in [2.05, 4.69) is 5.32 Å². The van der Waals surface area contributed by atoms with Crippen molar-refractivity contribution in [3.05, 3.63) is 28.2 Å². The van der Waals surface area contributed by atoms with Gasteiger partial charge < -0.3 is 15.0 Å². The summed E-state index contributed by atoms with van der Waals surface area (Å²) in [6.07, 6.45) is 3.38. The lowest BCUT2D eigenvalue weighted by atomic mass is 10.1. The minimum Gasteiger partial charge on any atom is -0.492 e. The first-order chi connectivity index (χ1) is 10.6. The Balaban J connectivity index is 0.00000264. The Hall–Kier alpha value is -0.680. The van der Waals surface area contributed by atoms with E-state index in [0.717, 1.165) is 25.9 Å². The van der Waals surface area contributed by atoms with Crippen molar-refractivity contribution < 1.29 is 9.53 Å². The van der Waals surface area contributed by atoms with Crippen LogP contribution in [0.15, 0.2) is 18.2 Å². The van der Waals surface area contributed by atoms with Crippen molar-refractivity contribution in [2.24, 2.45) is 0 Å². The SMILES string of the molecule is CNC1CCCN(C(=O)CCCOc2ccc(Cl)cc2Cl)C1.Cl. The van der Waals surface area contributed by atoms with E-state index in [0.29, 0.717) is 41.3 Å². The van der Waals surface area contributed by atoms with Gasteiger partial charge in [0.25, 0.3) is 0 Å². The molecule has 1 aliphatic heterocycles. The van der Waals surface area contributed by atoms with E-state index in [1.54, 1.807) is 18.2 Å². The van der Waals surface area contributed by atoms with Crippen LogP contribution in [-0.2, 0) is 4.79 Å². The summed E-state index contributed by atoms with van der Waals surface area (Å²) in [7, 11) is 1.95. The first-order valence-corrected chi connectivity index (χ1v) is 8.38. The average molecular weight is 382 g/mol. The van der Waals surface area contributed by atoms with Crippen molar-refractivity contribution in [1.82, 2.24) is 10.2 Å². The number of hydrogen-bond acceptors (Lipinski definition) is 3. The van der Waals surface area contributed by atoms with Gasteiger partial charge in [0.2, 0.25) is 5.91 Å². The molecule has 1 N–H and O–H groups in total. The van der Waals surface area contributed by atoms with E-state index < -0.39 is 0 Å². The fourth-order valence-electron chi connectivity index (χ4n) is 2.60. The van der Waals surface area contributed by atoms with Gasteiger partial charge in [0.15, 0.2) is 0 Å². The molecule has 23 heavy (non-hydrogen) atoms. The number of benzene rings is 1. The van der Waals surface area contributed by atoms with Crippen LogP contribution in [0.25, 0.3) is 0 Å². The van der Waals surface area contributed by atoms with Crippen LogP contribution in [0.3, 0.4) is 0 Å². The minimum absolute atomic E-state index is 0. The summed E-state index contributed by atoms with van der Waals surface area (Å²) in [5.41, 5.74) is 0. The average Bonchev–Trinajstić information content (AvgIpc) is 2.53. The molecular weight excluding hydrogens is 359 g/mol. The summed E-state index contributed by atoms with van der Waals surface area (Å²) >= 11 is 11.9. The van der Waals surface area contributed by atoms with Crippen molar-refractivity contribution in [3.8, 4) is 5.75 Å². The van der Waals surface area contributed by atoms with Gasteiger partial charge in [0.05, 0.1) is 11.6 Å². The van der Waals surface area contributed by atoms with Crippen LogP contribution < -0.4 is 10.1 Å². The minimum atomic E-state index is 0. The number of likely N-dealkylation sites (tertiary alicyclic amines) is 1. The molecule has 130 valence electrons. The topological polar surface area (TPSA) is 41.6 Å². The van der Waals surface area contributed by atoms with Crippen molar-refractivity contribution in [2.75, 3.05) is 26.7 Å². The molecule has 1 amide bonds. The Morgan fingerprint density at radius 3 is 2.91 bits per heavy atom. The molecule has 1 aromatic carbocycles. The van der Waals surface area contributed by atoms with Crippen molar-refractivity contribution in [3.63, 3.8) is 0 Å². The fourth-order valence-corrected chi connectivity index (χ4v) is 3.06. The van der Waals surface area contributed by atoms with Crippen LogP contribution in [0.5, 0.6) is 5.75 Å². The predicted molar refractivity (Wildman–Crippen MR) is 97.1 cm³/mol. The third-order valence-electron chi connectivity index (χ3n) is 3.87. The van der Waals surface area contributed by atoms with Crippen LogP contribution >= 0.6 is 35.6 Å². The number of amides is 1. The lowest BCUT2D eigenvalue weighted by molar-refractivity contribution is -0.132. The number of carbonyl (C=O) groups excluding carboxylic acids is 1. The molecule has 1 fully saturated rings. The Bertz CT molecular complexity index is 514. The molecule has 1 aliphatic rings. The molecule has 1 atom stereocenters. The summed E-state index contributed by atoms with van der Waals surface area (Å²) < 4.78 is 5.60. The monoisotopic (exact) mass is 380 g/mol. The first kappa shape index (κ1) is 20.4. The number of nitrogens with zero attached hydrogens (tertiary/aromatic N) is 1. The van der Waals surface area contributed by atoms with E-state index in [1.807, 2.05) is 11.9 Å². The van der Waals surface area contributed by atoms with E-state index in [9.17, 15) is 4.79 Å². The number of carbonyl (C=O) groups is 1. The number of piperidine rings is 1. The lowest BCUT2D eigenvalue weighted by Gasteiger charge is -2.32. The highest BCUT2D eigenvalue weighted by Gasteiger charge is 2.21. The van der Waals surface area contributed by atoms with Gasteiger partial charge in [0.1, 0.15) is 5.75 Å². The number of ether oxygens (including phenoxy) is 1. The molecule has 4 nitrogen and oxygen atoms in total. The van der Waals surface area contributed by atoms with E-state index >= 15 is 0 Å². The number of hydrogen-bond donors (Lipinski definition) is 1. The van der Waals surface area contributed by atoms with Gasteiger partial charge in [-0.05, 0) is 44.5 Å². The third kappa shape index (κ3) is 6.38. The second kappa shape index (κ2) is 10.2. The first-order valence-electron chi connectivity index (χ1n) is 7.63. The Morgan fingerprint density at radius 2 is 2.22 bits per heavy atom. The molecule has 0 aliphatic carbocycles. The maximum atomic E-state index is 12.2. The molecule has 0 bridgehead atoms. The number of nitrogens with one attached hydrogen (secondary N) is 1. The zero-order valence-electron chi connectivity index (χ0n) is 13.2. The number of likely N-dealkylation sites (N-methyl/N-ethyl adjacent to an activating group) is 1. The Kier molecular flexibility index (Phi) is 9.07.